The maximum Gasteiger partial charge on any atom is 0.226 e. The standard InChI is InChI=1S/C23H26N6OS/c1-4-29(13(2)3)23(30)14-5-7-17-19(10-14)31-22-20(17)21(24-12-25-22)27-16-6-8-18-15(9-16)11-26-28-18/h6,8-9,11-14H,4-5,7,10H2,1-3H3,(H,26,28)(H,24,25,27)/t14-/m0/s1. The number of H-pyrrole nitrogens is 1. The van der Waals surface area contributed by atoms with Crippen molar-refractivity contribution >= 4 is 49.9 Å². The highest BCUT2D eigenvalue weighted by atomic mass is 32.1. The first-order valence-electron chi connectivity index (χ1n) is 10.8. The summed E-state index contributed by atoms with van der Waals surface area (Å²) in [5, 5.41) is 12.7. The quantitative estimate of drug-likeness (QED) is 0.477. The number of aromatic nitrogens is 4. The summed E-state index contributed by atoms with van der Waals surface area (Å²) in [6, 6.07) is 6.32. The van der Waals surface area contributed by atoms with Crippen molar-refractivity contribution < 1.29 is 4.79 Å². The molecule has 4 aromatic rings. The van der Waals surface area contributed by atoms with Crippen LogP contribution < -0.4 is 5.32 Å². The van der Waals surface area contributed by atoms with Crippen LogP contribution in [0.15, 0.2) is 30.7 Å². The Hall–Kier alpha value is -3.00. The molecule has 1 aliphatic carbocycles. The van der Waals surface area contributed by atoms with Crippen LogP contribution in [0, 0.1) is 5.92 Å². The van der Waals surface area contributed by atoms with Gasteiger partial charge in [-0.3, -0.25) is 9.89 Å². The Kier molecular flexibility index (Phi) is 5.09. The average Bonchev–Trinajstić information content (AvgIpc) is 3.37. The van der Waals surface area contributed by atoms with Gasteiger partial charge in [-0.05, 0) is 63.8 Å². The molecule has 0 spiro atoms. The minimum Gasteiger partial charge on any atom is -0.340 e. The molecule has 0 saturated carbocycles. The molecule has 3 heterocycles. The maximum absolute atomic E-state index is 13.1. The third kappa shape index (κ3) is 3.54. The number of benzene rings is 1. The van der Waals surface area contributed by atoms with Gasteiger partial charge in [-0.25, -0.2) is 9.97 Å². The van der Waals surface area contributed by atoms with Crippen molar-refractivity contribution in [1.29, 1.82) is 0 Å². The molecule has 0 fully saturated rings. The zero-order chi connectivity index (χ0) is 21.5. The number of hydrogen-bond donors (Lipinski definition) is 2. The molecule has 5 rings (SSSR count). The van der Waals surface area contributed by atoms with E-state index in [9.17, 15) is 4.79 Å². The number of thiophene rings is 1. The first-order valence-corrected chi connectivity index (χ1v) is 11.6. The number of aromatic amines is 1. The van der Waals surface area contributed by atoms with Crippen LogP contribution in [-0.2, 0) is 17.6 Å². The molecular weight excluding hydrogens is 408 g/mol. The Balaban J connectivity index is 1.46. The maximum atomic E-state index is 13.1. The van der Waals surface area contributed by atoms with E-state index in [1.807, 2.05) is 23.2 Å². The van der Waals surface area contributed by atoms with Crippen molar-refractivity contribution in [1.82, 2.24) is 25.1 Å². The van der Waals surface area contributed by atoms with Gasteiger partial charge >= 0.3 is 0 Å². The fourth-order valence-electron chi connectivity index (χ4n) is 4.58. The van der Waals surface area contributed by atoms with Gasteiger partial charge in [0.2, 0.25) is 5.91 Å². The van der Waals surface area contributed by atoms with E-state index in [-0.39, 0.29) is 17.9 Å². The largest absolute Gasteiger partial charge is 0.340 e. The number of rotatable bonds is 5. The highest BCUT2D eigenvalue weighted by molar-refractivity contribution is 7.19. The third-order valence-electron chi connectivity index (χ3n) is 6.14. The molecule has 7 nitrogen and oxygen atoms in total. The zero-order valence-corrected chi connectivity index (χ0v) is 18.8. The highest BCUT2D eigenvalue weighted by Gasteiger charge is 2.31. The van der Waals surface area contributed by atoms with Gasteiger partial charge in [0.25, 0.3) is 0 Å². The van der Waals surface area contributed by atoms with Crippen molar-refractivity contribution in [2.75, 3.05) is 11.9 Å². The lowest BCUT2D eigenvalue weighted by Crippen LogP contribution is -2.42. The van der Waals surface area contributed by atoms with Gasteiger partial charge in [0.05, 0.1) is 17.1 Å². The molecule has 1 aliphatic rings. The van der Waals surface area contributed by atoms with Crippen LogP contribution in [0.1, 0.15) is 37.6 Å². The van der Waals surface area contributed by atoms with Crippen molar-refractivity contribution in [3.63, 3.8) is 0 Å². The molecule has 160 valence electrons. The van der Waals surface area contributed by atoms with Gasteiger partial charge in [-0.15, -0.1) is 11.3 Å². The van der Waals surface area contributed by atoms with E-state index in [1.54, 1.807) is 17.7 Å². The van der Waals surface area contributed by atoms with Crippen LogP contribution in [0.4, 0.5) is 11.5 Å². The normalized spacial score (nSPS) is 16.1. The lowest BCUT2D eigenvalue weighted by atomic mass is 9.86. The molecule has 2 N–H and O–H groups in total. The van der Waals surface area contributed by atoms with Crippen molar-refractivity contribution in [2.24, 2.45) is 5.92 Å². The first kappa shape index (κ1) is 19.9. The Bertz CT molecular complexity index is 1260. The van der Waals surface area contributed by atoms with Crippen LogP contribution in [0.3, 0.4) is 0 Å². The smallest absolute Gasteiger partial charge is 0.226 e. The van der Waals surface area contributed by atoms with Crippen LogP contribution >= 0.6 is 11.3 Å². The SMILES string of the molecule is CCN(C(=O)[C@H]1CCc2c(sc3ncnc(Nc4ccc5[nH]ncc5c4)c23)C1)C(C)C. The van der Waals surface area contributed by atoms with E-state index in [1.165, 1.54) is 10.4 Å². The molecule has 8 heteroatoms. The van der Waals surface area contributed by atoms with Gasteiger partial charge in [0.15, 0.2) is 0 Å². The number of hydrogen-bond acceptors (Lipinski definition) is 6. The summed E-state index contributed by atoms with van der Waals surface area (Å²) in [7, 11) is 0. The topological polar surface area (TPSA) is 86.8 Å². The minimum atomic E-state index is 0.0516. The van der Waals surface area contributed by atoms with Crippen molar-refractivity contribution in [3.05, 3.63) is 41.2 Å². The van der Waals surface area contributed by atoms with E-state index >= 15 is 0 Å². The number of anilines is 2. The molecule has 0 saturated heterocycles. The van der Waals surface area contributed by atoms with Crippen LogP contribution in [0.2, 0.25) is 0 Å². The van der Waals surface area contributed by atoms with E-state index in [2.05, 4.69) is 52.3 Å². The van der Waals surface area contributed by atoms with E-state index < -0.39 is 0 Å². The van der Waals surface area contributed by atoms with E-state index in [0.717, 1.165) is 58.4 Å². The number of nitrogens with zero attached hydrogens (tertiary/aromatic N) is 4. The number of carbonyl (C=O) groups is 1. The summed E-state index contributed by atoms with van der Waals surface area (Å²) in [6.07, 6.45) is 5.97. The summed E-state index contributed by atoms with van der Waals surface area (Å²) < 4.78 is 0. The Morgan fingerprint density at radius 1 is 1.35 bits per heavy atom. The molecule has 1 amide bonds. The first-order chi connectivity index (χ1) is 15.0. The number of carbonyl (C=O) groups excluding carboxylic acids is 1. The lowest BCUT2D eigenvalue weighted by Gasteiger charge is -2.31. The lowest BCUT2D eigenvalue weighted by molar-refractivity contribution is -0.137. The van der Waals surface area contributed by atoms with Gasteiger partial charge < -0.3 is 10.2 Å². The molecule has 0 aliphatic heterocycles. The Morgan fingerprint density at radius 2 is 2.23 bits per heavy atom. The predicted molar refractivity (Wildman–Crippen MR) is 125 cm³/mol. The summed E-state index contributed by atoms with van der Waals surface area (Å²) >= 11 is 1.70. The molecule has 1 atom stereocenters. The second kappa shape index (κ2) is 7.92. The average molecular weight is 435 g/mol. The second-order valence-corrected chi connectivity index (χ2v) is 9.44. The van der Waals surface area contributed by atoms with Crippen LogP contribution in [0.5, 0.6) is 0 Å². The van der Waals surface area contributed by atoms with Crippen molar-refractivity contribution in [2.45, 2.75) is 46.1 Å². The number of nitrogens with one attached hydrogen (secondary N) is 2. The molecule has 3 aromatic heterocycles. The summed E-state index contributed by atoms with van der Waals surface area (Å²) in [5.74, 6) is 1.15. The molecule has 31 heavy (non-hydrogen) atoms. The predicted octanol–water partition coefficient (Wildman–Crippen LogP) is 4.67. The van der Waals surface area contributed by atoms with Gasteiger partial charge in [-0.2, -0.15) is 5.10 Å². The van der Waals surface area contributed by atoms with Crippen molar-refractivity contribution in [3.8, 4) is 0 Å². The minimum absolute atomic E-state index is 0.0516. The number of amides is 1. The molecule has 0 bridgehead atoms. The van der Waals surface area contributed by atoms with Gasteiger partial charge in [0, 0.05) is 34.5 Å². The summed E-state index contributed by atoms with van der Waals surface area (Å²) in [6.45, 7) is 6.99. The molecular formula is C23H26N6OS. The summed E-state index contributed by atoms with van der Waals surface area (Å²) in [4.78, 5) is 26.4. The number of fused-ring (bicyclic) bond motifs is 4. The number of aryl methyl sites for hydroxylation is 1. The second-order valence-electron chi connectivity index (χ2n) is 8.36. The molecule has 1 aromatic carbocycles. The highest BCUT2D eigenvalue weighted by Crippen LogP contribution is 2.41. The van der Waals surface area contributed by atoms with E-state index in [4.69, 9.17) is 0 Å². The third-order valence-corrected chi connectivity index (χ3v) is 7.31. The van der Waals surface area contributed by atoms with Gasteiger partial charge in [-0.1, -0.05) is 0 Å². The summed E-state index contributed by atoms with van der Waals surface area (Å²) in [5.41, 5.74) is 3.27. The Labute approximate surface area is 184 Å². The zero-order valence-electron chi connectivity index (χ0n) is 18.0. The monoisotopic (exact) mass is 434 g/mol. The fraction of sp³-hybridized carbons (Fsp3) is 0.391. The van der Waals surface area contributed by atoms with Crippen LogP contribution in [-0.4, -0.2) is 43.6 Å². The fourth-order valence-corrected chi connectivity index (χ4v) is 5.85. The van der Waals surface area contributed by atoms with Crippen LogP contribution in [0.25, 0.3) is 21.1 Å². The van der Waals surface area contributed by atoms with E-state index in [0.29, 0.717) is 0 Å². The Morgan fingerprint density at radius 3 is 3.03 bits per heavy atom. The molecule has 0 unspecified atom stereocenters. The van der Waals surface area contributed by atoms with Gasteiger partial charge in [0.1, 0.15) is 17.0 Å². The molecule has 0 radical (unpaired) electrons.